The quantitative estimate of drug-likeness (QED) is 0.459. The molecule has 0 saturated heterocycles. The van der Waals surface area contributed by atoms with Gasteiger partial charge in [-0.2, -0.15) is 0 Å². The van der Waals surface area contributed by atoms with Gasteiger partial charge < -0.3 is 0 Å². The average Bonchev–Trinajstić information content (AvgIpc) is 2.57. The maximum absolute atomic E-state index is 12.9. The summed E-state index contributed by atoms with van der Waals surface area (Å²) >= 11 is 0. The van der Waals surface area contributed by atoms with Crippen molar-refractivity contribution in [1.82, 2.24) is 9.97 Å². The minimum atomic E-state index is -0.261. The van der Waals surface area contributed by atoms with Crippen molar-refractivity contribution < 1.29 is 4.39 Å². The van der Waals surface area contributed by atoms with Gasteiger partial charge in [-0.05, 0) is 30.7 Å². The maximum Gasteiger partial charge on any atom is 0.149 e. The van der Waals surface area contributed by atoms with Crippen LogP contribution in [-0.2, 0) is 0 Å². The second-order valence-corrected chi connectivity index (χ2v) is 4.96. The first-order valence-electron chi connectivity index (χ1n) is 7.05. The smallest absolute Gasteiger partial charge is 0.149 e. The van der Waals surface area contributed by atoms with Crippen LogP contribution >= 0.6 is 0 Å². The van der Waals surface area contributed by atoms with E-state index >= 15 is 0 Å². The molecule has 0 N–H and O–H groups in total. The summed E-state index contributed by atoms with van der Waals surface area (Å²) in [5, 5.41) is 2.06. The van der Waals surface area contributed by atoms with Gasteiger partial charge in [0, 0.05) is 23.2 Å². The van der Waals surface area contributed by atoms with Crippen LogP contribution in [0.15, 0.2) is 73.1 Å². The Bertz CT molecular complexity index is 831. The summed E-state index contributed by atoms with van der Waals surface area (Å²) in [6.45, 7) is 2.08. The van der Waals surface area contributed by atoms with Crippen LogP contribution < -0.4 is 0 Å². The van der Waals surface area contributed by atoms with Gasteiger partial charge in [-0.15, -0.1) is 0 Å². The molecule has 0 amide bonds. The Morgan fingerprint density at radius 1 is 0.682 bits per heavy atom. The highest BCUT2D eigenvalue weighted by Gasteiger charge is 1.97. The number of halogens is 1. The largest absolute Gasteiger partial charge is 0.256 e. The van der Waals surface area contributed by atoms with Crippen molar-refractivity contribution in [3.63, 3.8) is 0 Å². The predicted molar refractivity (Wildman–Crippen MR) is 88.2 cm³/mol. The molecule has 4 rings (SSSR count). The lowest BCUT2D eigenvalue weighted by Gasteiger charge is -1.97. The number of fused-ring (bicyclic) bond motifs is 2. The van der Waals surface area contributed by atoms with Crippen molar-refractivity contribution in [3.05, 3.63) is 84.4 Å². The third-order valence-electron chi connectivity index (χ3n) is 3.42. The number of hydrogen-bond acceptors (Lipinski definition) is 2. The van der Waals surface area contributed by atoms with Gasteiger partial charge in [-0.1, -0.05) is 42.5 Å². The second-order valence-electron chi connectivity index (χ2n) is 4.96. The Morgan fingerprint density at radius 3 is 1.86 bits per heavy atom. The second kappa shape index (κ2) is 6.31. The van der Waals surface area contributed by atoms with Crippen LogP contribution in [0.2, 0.25) is 0 Å². The van der Waals surface area contributed by atoms with Gasteiger partial charge in [0.25, 0.3) is 0 Å². The fraction of sp³-hybridized carbons (Fsp3) is 0.0526. The number of nitrogens with zero attached hydrogens (tertiary/aromatic N) is 2. The van der Waals surface area contributed by atoms with E-state index in [0.717, 1.165) is 10.9 Å². The van der Waals surface area contributed by atoms with Gasteiger partial charge in [0.2, 0.25) is 0 Å². The predicted octanol–water partition coefficient (Wildman–Crippen LogP) is 4.92. The van der Waals surface area contributed by atoms with Crippen molar-refractivity contribution in [2.45, 2.75) is 6.92 Å². The normalized spacial score (nSPS) is 10.3. The van der Waals surface area contributed by atoms with Crippen LogP contribution in [0, 0.1) is 12.7 Å². The summed E-state index contributed by atoms with van der Waals surface area (Å²) in [6.07, 6.45) is 3.42. The molecule has 2 aromatic heterocycles. The molecule has 0 fully saturated rings. The molecule has 2 aromatic carbocycles. The highest BCUT2D eigenvalue weighted by Crippen LogP contribution is 2.14. The Hall–Kier alpha value is -2.81. The van der Waals surface area contributed by atoms with Crippen LogP contribution in [-0.4, -0.2) is 9.97 Å². The van der Waals surface area contributed by atoms with E-state index in [1.54, 1.807) is 18.3 Å². The molecule has 0 unspecified atom stereocenters. The summed E-state index contributed by atoms with van der Waals surface area (Å²) < 4.78 is 12.9. The molecule has 0 bridgehead atoms. The van der Waals surface area contributed by atoms with Crippen molar-refractivity contribution >= 4 is 21.8 Å². The first-order valence-corrected chi connectivity index (χ1v) is 7.05. The fourth-order valence-electron chi connectivity index (χ4n) is 2.32. The Kier molecular flexibility index (Phi) is 4.05. The molecule has 4 aromatic rings. The van der Waals surface area contributed by atoms with Crippen LogP contribution in [0.25, 0.3) is 21.8 Å². The molecule has 3 heteroatoms. The van der Waals surface area contributed by atoms with Crippen LogP contribution in [0.1, 0.15) is 5.56 Å². The summed E-state index contributed by atoms with van der Waals surface area (Å²) in [4.78, 5) is 8.19. The number of aromatic nitrogens is 2. The average molecular weight is 290 g/mol. The van der Waals surface area contributed by atoms with E-state index < -0.39 is 0 Å². The highest BCUT2D eigenvalue weighted by atomic mass is 19.1. The van der Waals surface area contributed by atoms with Crippen molar-refractivity contribution in [3.8, 4) is 0 Å². The SMILES string of the molecule is Cc1cccc2cccnc12.Fc1cccc2cccnc12. The number of hydrogen-bond donors (Lipinski definition) is 0. The molecule has 0 aliphatic heterocycles. The molecule has 0 saturated carbocycles. The van der Waals surface area contributed by atoms with Crippen LogP contribution in [0.4, 0.5) is 4.39 Å². The molecule has 0 spiro atoms. The van der Waals surface area contributed by atoms with E-state index in [1.165, 1.54) is 17.0 Å². The van der Waals surface area contributed by atoms with Crippen LogP contribution in [0.3, 0.4) is 0 Å². The van der Waals surface area contributed by atoms with Gasteiger partial charge in [-0.25, -0.2) is 4.39 Å². The highest BCUT2D eigenvalue weighted by molar-refractivity contribution is 5.81. The number of rotatable bonds is 0. The molecule has 0 aliphatic rings. The molecule has 2 nitrogen and oxygen atoms in total. The van der Waals surface area contributed by atoms with Gasteiger partial charge >= 0.3 is 0 Å². The summed E-state index contributed by atoms with van der Waals surface area (Å²) in [6, 6.07) is 18.8. The molecule has 2 heterocycles. The van der Waals surface area contributed by atoms with E-state index in [0.29, 0.717) is 5.52 Å². The van der Waals surface area contributed by atoms with E-state index in [4.69, 9.17) is 0 Å². The first-order chi connectivity index (χ1) is 10.8. The van der Waals surface area contributed by atoms with Gasteiger partial charge in [0.05, 0.1) is 5.52 Å². The van der Waals surface area contributed by atoms with Crippen molar-refractivity contribution in [1.29, 1.82) is 0 Å². The topological polar surface area (TPSA) is 25.8 Å². The molecular weight excluding hydrogens is 275 g/mol. The first kappa shape index (κ1) is 14.1. The minimum absolute atomic E-state index is 0.261. The summed E-state index contributed by atoms with van der Waals surface area (Å²) in [5.74, 6) is -0.261. The maximum atomic E-state index is 12.9. The molecule has 0 atom stereocenters. The monoisotopic (exact) mass is 290 g/mol. The van der Waals surface area contributed by atoms with E-state index in [2.05, 4.69) is 41.2 Å². The van der Waals surface area contributed by atoms with Crippen LogP contribution in [0.5, 0.6) is 0 Å². The number of aryl methyl sites for hydroxylation is 1. The lowest BCUT2D eigenvalue weighted by Crippen LogP contribution is -1.81. The Balaban J connectivity index is 0.000000131. The van der Waals surface area contributed by atoms with E-state index in [1.807, 2.05) is 24.4 Å². The molecule has 0 aliphatic carbocycles. The third-order valence-corrected chi connectivity index (χ3v) is 3.42. The zero-order chi connectivity index (χ0) is 15.4. The van der Waals surface area contributed by atoms with Gasteiger partial charge in [0.15, 0.2) is 0 Å². The van der Waals surface area contributed by atoms with Crippen molar-refractivity contribution in [2.24, 2.45) is 0 Å². The zero-order valence-corrected chi connectivity index (χ0v) is 12.2. The zero-order valence-electron chi connectivity index (χ0n) is 12.2. The van der Waals surface area contributed by atoms with Gasteiger partial charge in [0.1, 0.15) is 11.3 Å². The molecule has 108 valence electrons. The lowest BCUT2D eigenvalue weighted by atomic mass is 10.1. The number of pyridine rings is 2. The summed E-state index contributed by atoms with van der Waals surface area (Å²) in [7, 11) is 0. The molecule has 22 heavy (non-hydrogen) atoms. The molecular formula is C19H15FN2. The number of benzene rings is 2. The van der Waals surface area contributed by atoms with Gasteiger partial charge in [-0.3, -0.25) is 9.97 Å². The van der Waals surface area contributed by atoms with E-state index in [-0.39, 0.29) is 5.82 Å². The number of para-hydroxylation sites is 2. The summed E-state index contributed by atoms with van der Waals surface area (Å²) in [5.41, 5.74) is 2.79. The lowest BCUT2D eigenvalue weighted by molar-refractivity contribution is 0.637. The Morgan fingerprint density at radius 2 is 1.23 bits per heavy atom. The van der Waals surface area contributed by atoms with E-state index in [9.17, 15) is 4.39 Å². The molecule has 0 radical (unpaired) electrons. The third kappa shape index (κ3) is 2.93. The Labute approximate surface area is 128 Å². The minimum Gasteiger partial charge on any atom is -0.256 e. The fourth-order valence-corrected chi connectivity index (χ4v) is 2.32. The standard InChI is InChI=1S/C10H9N.C9H6FN/c1-8-4-2-5-9-6-3-7-11-10(8)9;10-8-5-1-3-7-4-2-6-11-9(7)8/h2-7H,1H3;1-6H. The van der Waals surface area contributed by atoms with Crippen molar-refractivity contribution in [2.75, 3.05) is 0 Å².